The van der Waals surface area contributed by atoms with Crippen LogP contribution in [0.5, 0.6) is 0 Å². The van der Waals surface area contributed by atoms with Crippen LogP contribution in [-0.2, 0) is 0 Å². The van der Waals surface area contributed by atoms with Crippen molar-refractivity contribution in [3.8, 4) is 12.3 Å². The van der Waals surface area contributed by atoms with E-state index in [1.807, 2.05) is 6.92 Å². The summed E-state index contributed by atoms with van der Waals surface area (Å²) in [7, 11) is 0. The highest BCUT2D eigenvalue weighted by molar-refractivity contribution is 4.90. The van der Waals surface area contributed by atoms with E-state index in [1.54, 1.807) is 0 Å². The number of terminal acetylenes is 1. The fraction of sp³-hybridized carbons (Fsp3) is 0.600. The highest BCUT2D eigenvalue weighted by Gasteiger charge is 1.85. The third-order valence-corrected chi connectivity index (χ3v) is 0.638. The van der Waals surface area contributed by atoms with E-state index >= 15 is 0 Å². The average molecular weight is 83.1 g/mol. The molecule has 1 nitrogen and oxygen atoms in total. The van der Waals surface area contributed by atoms with Crippen LogP contribution in [0.3, 0.4) is 0 Å². The SMILES string of the molecule is C#C[C@H](C)CN. The van der Waals surface area contributed by atoms with Crippen LogP contribution >= 0.6 is 0 Å². The van der Waals surface area contributed by atoms with Gasteiger partial charge in [-0.2, -0.15) is 0 Å². The fourth-order valence-corrected chi connectivity index (χ4v) is 0.0680. The summed E-state index contributed by atoms with van der Waals surface area (Å²) in [6.07, 6.45) is 4.95. The molecule has 0 aromatic carbocycles. The van der Waals surface area contributed by atoms with Gasteiger partial charge in [0, 0.05) is 12.5 Å². The first-order chi connectivity index (χ1) is 2.81. The largest absolute Gasteiger partial charge is 0.329 e. The Bertz CT molecular complexity index is 60.8. The second-order valence-electron chi connectivity index (χ2n) is 1.30. The third kappa shape index (κ3) is 1.80. The molecule has 0 aliphatic rings. The zero-order chi connectivity index (χ0) is 4.99. The monoisotopic (exact) mass is 83.1 g/mol. The normalized spacial score (nSPS) is 12.8. The lowest BCUT2D eigenvalue weighted by Crippen LogP contribution is -2.07. The van der Waals surface area contributed by atoms with Gasteiger partial charge in [0.2, 0.25) is 0 Å². The predicted molar refractivity (Wildman–Crippen MR) is 27.1 cm³/mol. The summed E-state index contributed by atoms with van der Waals surface area (Å²) < 4.78 is 0. The Morgan fingerprint density at radius 1 is 2.00 bits per heavy atom. The van der Waals surface area contributed by atoms with Crippen LogP contribution in [0.4, 0.5) is 0 Å². The lowest BCUT2D eigenvalue weighted by atomic mass is 10.2. The van der Waals surface area contributed by atoms with Crippen LogP contribution in [0, 0.1) is 18.3 Å². The van der Waals surface area contributed by atoms with Crippen molar-refractivity contribution in [3.63, 3.8) is 0 Å². The molecule has 1 heteroatoms. The molecule has 1 atom stereocenters. The molecule has 2 N–H and O–H groups in total. The molecule has 0 aromatic rings. The first-order valence-corrected chi connectivity index (χ1v) is 1.97. The van der Waals surface area contributed by atoms with Crippen molar-refractivity contribution in [3.05, 3.63) is 0 Å². The average Bonchev–Trinajstić information content (AvgIpc) is 1.65. The lowest BCUT2D eigenvalue weighted by Gasteiger charge is -1.91. The van der Waals surface area contributed by atoms with Gasteiger partial charge in [-0.1, -0.05) is 6.92 Å². The van der Waals surface area contributed by atoms with Crippen LogP contribution < -0.4 is 5.73 Å². The second-order valence-corrected chi connectivity index (χ2v) is 1.30. The van der Waals surface area contributed by atoms with Crippen molar-refractivity contribution in [1.82, 2.24) is 0 Å². The minimum atomic E-state index is 0.241. The van der Waals surface area contributed by atoms with Crippen molar-refractivity contribution in [2.45, 2.75) is 6.92 Å². The van der Waals surface area contributed by atoms with Gasteiger partial charge in [-0.3, -0.25) is 0 Å². The molecule has 0 radical (unpaired) electrons. The van der Waals surface area contributed by atoms with Gasteiger partial charge in [-0.25, -0.2) is 0 Å². The maximum atomic E-state index is 5.14. The van der Waals surface area contributed by atoms with Crippen molar-refractivity contribution < 1.29 is 0 Å². The molecule has 0 saturated carbocycles. The van der Waals surface area contributed by atoms with Gasteiger partial charge in [-0.15, -0.1) is 12.3 Å². The topological polar surface area (TPSA) is 26.0 Å². The molecule has 0 heterocycles. The Balaban J connectivity index is 3.04. The Morgan fingerprint density at radius 2 is 2.50 bits per heavy atom. The van der Waals surface area contributed by atoms with Crippen molar-refractivity contribution >= 4 is 0 Å². The maximum absolute atomic E-state index is 5.14. The van der Waals surface area contributed by atoms with Gasteiger partial charge in [0.25, 0.3) is 0 Å². The molecule has 34 valence electrons. The van der Waals surface area contributed by atoms with Crippen LogP contribution in [0.1, 0.15) is 6.92 Å². The third-order valence-electron chi connectivity index (χ3n) is 0.638. The fourth-order valence-electron chi connectivity index (χ4n) is 0.0680. The molecule has 0 bridgehead atoms. The summed E-state index contributed by atoms with van der Waals surface area (Å²) in [5, 5.41) is 0. The molecule has 0 amide bonds. The lowest BCUT2D eigenvalue weighted by molar-refractivity contribution is 0.767. The van der Waals surface area contributed by atoms with Gasteiger partial charge in [0.1, 0.15) is 0 Å². The zero-order valence-electron chi connectivity index (χ0n) is 3.94. The summed E-state index contributed by atoms with van der Waals surface area (Å²) >= 11 is 0. The first kappa shape index (κ1) is 5.52. The standard InChI is InChI=1S/C5H9N/c1-3-5(2)4-6/h1,5H,4,6H2,2H3/t5-/m0/s1. The van der Waals surface area contributed by atoms with Crippen molar-refractivity contribution in [2.75, 3.05) is 6.54 Å². The Kier molecular flexibility index (Phi) is 2.52. The van der Waals surface area contributed by atoms with E-state index < -0.39 is 0 Å². The Hall–Kier alpha value is -0.480. The molecule has 0 spiro atoms. The Labute approximate surface area is 38.5 Å². The van der Waals surface area contributed by atoms with Gasteiger partial charge < -0.3 is 5.73 Å². The minimum Gasteiger partial charge on any atom is -0.329 e. The van der Waals surface area contributed by atoms with Crippen LogP contribution in [0.15, 0.2) is 0 Å². The molecule has 0 unspecified atom stereocenters. The zero-order valence-corrected chi connectivity index (χ0v) is 3.94. The van der Waals surface area contributed by atoms with E-state index in [9.17, 15) is 0 Å². The summed E-state index contributed by atoms with van der Waals surface area (Å²) in [5.41, 5.74) is 5.14. The molecule has 0 aliphatic heterocycles. The summed E-state index contributed by atoms with van der Waals surface area (Å²) in [4.78, 5) is 0. The van der Waals surface area contributed by atoms with Gasteiger partial charge >= 0.3 is 0 Å². The highest BCUT2D eigenvalue weighted by atomic mass is 14.5. The van der Waals surface area contributed by atoms with E-state index in [4.69, 9.17) is 12.2 Å². The smallest absolute Gasteiger partial charge is 0.0294 e. The van der Waals surface area contributed by atoms with E-state index in [0.29, 0.717) is 6.54 Å². The first-order valence-electron chi connectivity index (χ1n) is 1.97. The molecule has 0 aromatic heterocycles. The summed E-state index contributed by atoms with van der Waals surface area (Å²) in [6, 6.07) is 0. The molecular formula is C5H9N. The summed E-state index contributed by atoms with van der Waals surface area (Å²) in [5.74, 6) is 2.73. The second kappa shape index (κ2) is 2.74. The molecule has 0 saturated heterocycles. The molecule has 6 heavy (non-hydrogen) atoms. The highest BCUT2D eigenvalue weighted by Crippen LogP contribution is 1.82. The quantitative estimate of drug-likeness (QED) is 0.451. The molecule has 0 fully saturated rings. The number of hydrogen-bond acceptors (Lipinski definition) is 1. The summed E-state index contributed by atoms with van der Waals surface area (Å²) in [6.45, 7) is 2.51. The minimum absolute atomic E-state index is 0.241. The van der Waals surface area contributed by atoms with E-state index in [2.05, 4.69) is 5.92 Å². The number of nitrogens with two attached hydrogens (primary N) is 1. The molecule has 0 aliphatic carbocycles. The van der Waals surface area contributed by atoms with E-state index in [0.717, 1.165) is 0 Å². The van der Waals surface area contributed by atoms with Crippen LogP contribution in [0.25, 0.3) is 0 Å². The van der Waals surface area contributed by atoms with Gasteiger partial charge in [-0.05, 0) is 0 Å². The molecular weight excluding hydrogens is 74.1 g/mol. The number of hydrogen-bond donors (Lipinski definition) is 1. The maximum Gasteiger partial charge on any atom is 0.0294 e. The van der Waals surface area contributed by atoms with E-state index in [-0.39, 0.29) is 5.92 Å². The number of rotatable bonds is 1. The van der Waals surface area contributed by atoms with Crippen molar-refractivity contribution in [1.29, 1.82) is 0 Å². The van der Waals surface area contributed by atoms with Gasteiger partial charge in [0.15, 0.2) is 0 Å². The van der Waals surface area contributed by atoms with Gasteiger partial charge in [0.05, 0.1) is 0 Å². The van der Waals surface area contributed by atoms with Crippen molar-refractivity contribution in [2.24, 2.45) is 11.7 Å². The van der Waals surface area contributed by atoms with Crippen LogP contribution in [0.2, 0.25) is 0 Å². The Morgan fingerprint density at radius 3 is 2.50 bits per heavy atom. The van der Waals surface area contributed by atoms with Crippen LogP contribution in [-0.4, -0.2) is 6.54 Å². The molecule has 0 rings (SSSR count). The predicted octanol–water partition coefficient (Wildman–Crippen LogP) is 0.214. The van der Waals surface area contributed by atoms with E-state index in [1.165, 1.54) is 0 Å².